The maximum absolute atomic E-state index is 12.8. The Morgan fingerprint density at radius 1 is 1.14 bits per heavy atom. The SMILES string of the molecule is COc1cccc(CNC(=O)c2cc(-c3nnn(C[C@H]4CC[C@H](C(=O)NCCO)CC4)n3)cc(C)n2)c1. The van der Waals surface area contributed by atoms with E-state index in [1.807, 2.05) is 37.3 Å². The van der Waals surface area contributed by atoms with E-state index in [2.05, 4.69) is 31.0 Å². The number of hydrogen-bond donors (Lipinski definition) is 3. The van der Waals surface area contributed by atoms with E-state index in [4.69, 9.17) is 9.84 Å². The third-order valence-corrected chi connectivity index (χ3v) is 6.53. The first kappa shape index (κ1) is 26.2. The molecule has 3 aromatic rings. The molecule has 0 spiro atoms. The van der Waals surface area contributed by atoms with Crippen LogP contribution < -0.4 is 15.4 Å². The van der Waals surface area contributed by atoms with Crippen molar-refractivity contribution in [2.24, 2.45) is 11.8 Å². The average molecular weight is 508 g/mol. The summed E-state index contributed by atoms with van der Waals surface area (Å²) >= 11 is 0. The quantitative estimate of drug-likeness (QED) is 0.377. The van der Waals surface area contributed by atoms with Crippen LogP contribution in [0.25, 0.3) is 11.4 Å². The number of pyridine rings is 1. The minimum Gasteiger partial charge on any atom is -0.497 e. The summed E-state index contributed by atoms with van der Waals surface area (Å²) in [6.07, 6.45) is 3.42. The van der Waals surface area contributed by atoms with Gasteiger partial charge in [0, 0.05) is 30.3 Å². The molecule has 0 unspecified atom stereocenters. The Hall–Kier alpha value is -3.86. The van der Waals surface area contributed by atoms with Crippen LogP contribution in [0.3, 0.4) is 0 Å². The van der Waals surface area contributed by atoms with Gasteiger partial charge in [-0.3, -0.25) is 9.59 Å². The predicted octanol–water partition coefficient (Wildman–Crippen LogP) is 1.90. The molecule has 2 amide bonds. The highest BCUT2D eigenvalue weighted by molar-refractivity contribution is 5.93. The molecule has 4 rings (SSSR count). The van der Waals surface area contributed by atoms with Gasteiger partial charge in [0.1, 0.15) is 11.4 Å². The standard InChI is InChI=1S/C26H33N7O4/c1-17-12-21(14-23(29-17)26(36)28-15-19-4-3-5-22(13-19)37-2)24-30-32-33(31-24)16-18-6-8-20(9-7-18)25(35)27-10-11-34/h3-5,12-14,18,20,34H,6-11,15-16H2,1-2H3,(H,27,35)(H,28,36)/t18-,20-. The molecule has 1 saturated carbocycles. The number of aliphatic hydroxyl groups excluding tert-OH is 1. The zero-order valence-electron chi connectivity index (χ0n) is 21.2. The molecule has 196 valence electrons. The van der Waals surface area contributed by atoms with Gasteiger partial charge in [-0.05, 0) is 73.6 Å². The lowest BCUT2D eigenvalue weighted by atomic mass is 9.81. The Kier molecular flexibility index (Phi) is 8.78. The van der Waals surface area contributed by atoms with E-state index in [0.717, 1.165) is 37.0 Å². The predicted molar refractivity (Wildman–Crippen MR) is 135 cm³/mol. The molecule has 0 bridgehead atoms. The van der Waals surface area contributed by atoms with Gasteiger partial charge in [0.15, 0.2) is 0 Å². The number of hydrogen-bond acceptors (Lipinski definition) is 8. The number of nitrogens with one attached hydrogen (secondary N) is 2. The summed E-state index contributed by atoms with van der Waals surface area (Å²) in [5, 5.41) is 27.5. The number of ether oxygens (including phenoxy) is 1. The minimum atomic E-state index is -0.292. The number of rotatable bonds is 10. The topological polar surface area (TPSA) is 144 Å². The summed E-state index contributed by atoms with van der Waals surface area (Å²) in [7, 11) is 1.60. The molecule has 11 nitrogen and oxygen atoms in total. The van der Waals surface area contributed by atoms with Gasteiger partial charge in [-0.2, -0.15) is 4.80 Å². The fraction of sp³-hybridized carbons (Fsp3) is 0.462. The molecule has 1 aromatic carbocycles. The summed E-state index contributed by atoms with van der Waals surface area (Å²) in [5.74, 6) is 1.25. The zero-order chi connectivity index (χ0) is 26.2. The van der Waals surface area contributed by atoms with Crippen LogP contribution in [-0.4, -0.2) is 62.4 Å². The van der Waals surface area contributed by atoms with Gasteiger partial charge in [0.05, 0.1) is 20.3 Å². The van der Waals surface area contributed by atoms with Crippen molar-refractivity contribution < 1.29 is 19.4 Å². The van der Waals surface area contributed by atoms with Crippen LogP contribution >= 0.6 is 0 Å². The highest BCUT2D eigenvalue weighted by Gasteiger charge is 2.27. The Labute approximate surface area is 215 Å². The smallest absolute Gasteiger partial charge is 0.270 e. The van der Waals surface area contributed by atoms with E-state index >= 15 is 0 Å². The lowest BCUT2D eigenvalue weighted by molar-refractivity contribution is -0.126. The molecule has 0 atom stereocenters. The number of tetrazole rings is 1. The van der Waals surface area contributed by atoms with E-state index in [-0.39, 0.29) is 30.0 Å². The maximum Gasteiger partial charge on any atom is 0.270 e. The molecule has 1 fully saturated rings. The average Bonchev–Trinajstić information content (AvgIpc) is 3.39. The molecular weight excluding hydrogens is 474 g/mol. The van der Waals surface area contributed by atoms with E-state index in [1.54, 1.807) is 18.0 Å². The summed E-state index contributed by atoms with van der Waals surface area (Å²) in [4.78, 5) is 30.9. The molecular formula is C26H33N7O4. The van der Waals surface area contributed by atoms with Crippen LogP contribution in [-0.2, 0) is 17.9 Å². The van der Waals surface area contributed by atoms with E-state index in [9.17, 15) is 9.59 Å². The van der Waals surface area contributed by atoms with E-state index in [1.165, 1.54) is 0 Å². The fourth-order valence-corrected chi connectivity index (χ4v) is 4.57. The summed E-state index contributed by atoms with van der Waals surface area (Å²) in [5.41, 5.74) is 2.56. The van der Waals surface area contributed by atoms with Crippen LogP contribution in [0.2, 0.25) is 0 Å². The number of carbonyl (C=O) groups is 2. The molecule has 1 aliphatic rings. The second-order valence-electron chi connectivity index (χ2n) is 9.32. The maximum atomic E-state index is 12.8. The summed E-state index contributed by atoms with van der Waals surface area (Å²) in [6.45, 7) is 3.04. The molecule has 3 N–H and O–H groups in total. The minimum absolute atomic E-state index is 0.00431. The number of aliphatic hydroxyl groups is 1. The van der Waals surface area contributed by atoms with Gasteiger partial charge in [-0.1, -0.05) is 12.1 Å². The molecule has 1 aliphatic carbocycles. The summed E-state index contributed by atoms with van der Waals surface area (Å²) in [6, 6.07) is 11.0. The summed E-state index contributed by atoms with van der Waals surface area (Å²) < 4.78 is 5.23. The van der Waals surface area contributed by atoms with Gasteiger partial charge >= 0.3 is 0 Å². The van der Waals surface area contributed by atoms with E-state index < -0.39 is 0 Å². The van der Waals surface area contributed by atoms with Crippen LogP contribution in [0.15, 0.2) is 36.4 Å². The largest absolute Gasteiger partial charge is 0.497 e. The Bertz CT molecular complexity index is 1220. The van der Waals surface area contributed by atoms with Crippen molar-refractivity contribution in [3.63, 3.8) is 0 Å². The lowest BCUT2D eigenvalue weighted by Gasteiger charge is -2.27. The lowest BCUT2D eigenvalue weighted by Crippen LogP contribution is -2.35. The third kappa shape index (κ3) is 7.10. The van der Waals surface area contributed by atoms with Gasteiger partial charge < -0.3 is 20.5 Å². The second-order valence-corrected chi connectivity index (χ2v) is 9.32. The van der Waals surface area contributed by atoms with Crippen molar-refractivity contribution in [3.8, 4) is 17.1 Å². The molecule has 0 saturated heterocycles. The van der Waals surface area contributed by atoms with Crippen molar-refractivity contribution in [1.29, 1.82) is 0 Å². The third-order valence-electron chi connectivity index (χ3n) is 6.53. The van der Waals surface area contributed by atoms with Gasteiger partial charge in [-0.15, -0.1) is 10.2 Å². The van der Waals surface area contributed by atoms with Crippen molar-refractivity contribution in [3.05, 3.63) is 53.3 Å². The fourth-order valence-electron chi connectivity index (χ4n) is 4.57. The molecule has 0 radical (unpaired) electrons. The van der Waals surface area contributed by atoms with Crippen LogP contribution in [0.4, 0.5) is 0 Å². The number of methoxy groups -OCH3 is 1. The highest BCUT2D eigenvalue weighted by Crippen LogP contribution is 2.30. The first-order valence-electron chi connectivity index (χ1n) is 12.5. The van der Waals surface area contributed by atoms with E-state index in [0.29, 0.717) is 42.6 Å². The molecule has 11 heteroatoms. The Morgan fingerprint density at radius 3 is 2.70 bits per heavy atom. The van der Waals surface area contributed by atoms with Crippen molar-refractivity contribution >= 4 is 11.8 Å². The van der Waals surface area contributed by atoms with Crippen molar-refractivity contribution in [1.82, 2.24) is 35.8 Å². The van der Waals surface area contributed by atoms with Crippen LogP contribution in [0, 0.1) is 18.8 Å². The first-order chi connectivity index (χ1) is 17.9. The molecule has 2 aromatic heterocycles. The number of benzene rings is 1. The first-order valence-corrected chi connectivity index (χ1v) is 12.5. The normalized spacial score (nSPS) is 17.3. The van der Waals surface area contributed by atoms with Crippen molar-refractivity contribution in [2.45, 2.75) is 45.7 Å². The number of nitrogens with zero attached hydrogens (tertiary/aromatic N) is 5. The number of carbonyl (C=O) groups excluding carboxylic acids is 2. The highest BCUT2D eigenvalue weighted by atomic mass is 16.5. The van der Waals surface area contributed by atoms with Crippen LogP contribution in [0.5, 0.6) is 5.75 Å². The van der Waals surface area contributed by atoms with Crippen molar-refractivity contribution in [2.75, 3.05) is 20.3 Å². The van der Waals surface area contributed by atoms with Gasteiger partial charge in [-0.25, -0.2) is 4.98 Å². The molecule has 2 heterocycles. The van der Waals surface area contributed by atoms with Crippen LogP contribution in [0.1, 0.15) is 47.4 Å². The number of amides is 2. The molecule has 37 heavy (non-hydrogen) atoms. The Morgan fingerprint density at radius 2 is 1.95 bits per heavy atom. The number of aromatic nitrogens is 5. The number of aryl methyl sites for hydroxylation is 1. The second kappa shape index (κ2) is 12.4. The zero-order valence-corrected chi connectivity index (χ0v) is 21.2. The monoisotopic (exact) mass is 507 g/mol. The Balaban J connectivity index is 1.35. The molecule has 0 aliphatic heterocycles. The van der Waals surface area contributed by atoms with Gasteiger partial charge in [0.25, 0.3) is 5.91 Å². The van der Waals surface area contributed by atoms with Gasteiger partial charge in [0.2, 0.25) is 11.7 Å².